The molecule has 0 saturated carbocycles. The smallest absolute Gasteiger partial charge is 0.308 e. The van der Waals surface area contributed by atoms with E-state index < -0.39 is 11.9 Å². The van der Waals surface area contributed by atoms with Gasteiger partial charge in [-0.15, -0.1) is 0 Å². The van der Waals surface area contributed by atoms with Gasteiger partial charge in [0, 0.05) is 19.4 Å². The largest absolute Gasteiger partial charge is 0.493 e. The molecule has 102 valence electrons. The van der Waals surface area contributed by atoms with Gasteiger partial charge in [-0.2, -0.15) is 0 Å². The zero-order valence-electron chi connectivity index (χ0n) is 10.9. The second-order valence-corrected chi connectivity index (χ2v) is 3.66. The Hall–Kier alpha value is -2.37. The molecular formula is C13H14O6. The van der Waals surface area contributed by atoms with Crippen LogP contribution in [0.15, 0.2) is 18.2 Å². The number of ether oxygens (including phenoxy) is 3. The van der Waals surface area contributed by atoms with Crippen LogP contribution in [0.25, 0.3) is 0 Å². The van der Waals surface area contributed by atoms with E-state index in [-0.39, 0.29) is 23.9 Å². The Kier molecular flexibility index (Phi) is 5.05. The molecule has 0 aliphatic heterocycles. The molecule has 0 unspecified atom stereocenters. The van der Waals surface area contributed by atoms with E-state index in [9.17, 15) is 14.4 Å². The minimum atomic E-state index is -0.531. The average molecular weight is 266 g/mol. The van der Waals surface area contributed by atoms with Crippen LogP contribution in [-0.4, -0.2) is 31.4 Å². The van der Waals surface area contributed by atoms with Crippen LogP contribution >= 0.6 is 0 Å². The molecule has 0 bridgehead atoms. The summed E-state index contributed by atoms with van der Waals surface area (Å²) < 4.78 is 14.5. The fourth-order valence-electron chi connectivity index (χ4n) is 1.33. The molecule has 0 aliphatic rings. The predicted molar refractivity (Wildman–Crippen MR) is 65.3 cm³/mol. The summed E-state index contributed by atoms with van der Waals surface area (Å²) in [5.41, 5.74) is 0.300. The third kappa shape index (κ3) is 4.42. The van der Waals surface area contributed by atoms with Gasteiger partial charge in [0.1, 0.15) is 0 Å². The van der Waals surface area contributed by atoms with E-state index in [2.05, 4.69) is 4.74 Å². The van der Waals surface area contributed by atoms with Crippen molar-refractivity contribution in [1.29, 1.82) is 0 Å². The van der Waals surface area contributed by atoms with Crippen molar-refractivity contribution in [3.05, 3.63) is 23.8 Å². The van der Waals surface area contributed by atoms with Gasteiger partial charge < -0.3 is 14.2 Å². The summed E-state index contributed by atoms with van der Waals surface area (Å²) >= 11 is 0. The molecule has 1 rings (SSSR count). The van der Waals surface area contributed by atoms with E-state index in [1.165, 1.54) is 39.2 Å². The highest BCUT2D eigenvalue weighted by atomic mass is 16.6. The van der Waals surface area contributed by atoms with Crippen molar-refractivity contribution in [2.75, 3.05) is 13.7 Å². The van der Waals surface area contributed by atoms with Crippen molar-refractivity contribution in [2.45, 2.75) is 13.8 Å². The highest BCUT2D eigenvalue weighted by Gasteiger charge is 2.13. The summed E-state index contributed by atoms with van der Waals surface area (Å²) in [6.45, 7) is 2.14. The van der Waals surface area contributed by atoms with E-state index in [1.54, 1.807) is 0 Å². The van der Waals surface area contributed by atoms with E-state index in [0.717, 1.165) is 0 Å². The lowest BCUT2D eigenvalue weighted by atomic mass is 10.1. The zero-order valence-corrected chi connectivity index (χ0v) is 10.9. The maximum Gasteiger partial charge on any atom is 0.308 e. The number of methoxy groups -OCH3 is 1. The molecule has 0 spiro atoms. The number of esters is 2. The fourth-order valence-corrected chi connectivity index (χ4v) is 1.33. The standard InChI is InChI=1S/C13H14O6/c1-8(14)18-7-11(16)10-4-5-12(19-9(2)15)13(6-10)17-3/h4-6H,7H2,1-3H3. The minimum Gasteiger partial charge on any atom is -0.493 e. The molecule has 19 heavy (non-hydrogen) atoms. The van der Waals surface area contributed by atoms with Crippen molar-refractivity contribution in [3.8, 4) is 11.5 Å². The molecule has 1 aromatic carbocycles. The first-order chi connectivity index (χ1) is 8.93. The average Bonchev–Trinajstić information content (AvgIpc) is 2.35. The quantitative estimate of drug-likeness (QED) is 0.455. The van der Waals surface area contributed by atoms with Gasteiger partial charge in [0.2, 0.25) is 0 Å². The Morgan fingerprint density at radius 1 is 1.05 bits per heavy atom. The lowest BCUT2D eigenvalue weighted by Crippen LogP contribution is -2.12. The molecule has 0 heterocycles. The third-order valence-corrected chi connectivity index (χ3v) is 2.15. The Balaban J connectivity index is 2.89. The monoisotopic (exact) mass is 266 g/mol. The number of hydrogen-bond acceptors (Lipinski definition) is 6. The number of ketones is 1. The summed E-state index contributed by atoms with van der Waals surface area (Å²) in [5, 5.41) is 0. The Morgan fingerprint density at radius 3 is 2.26 bits per heavy atom. The lowest BCUT2D eigenvalue weighted by molar-refractivity contribution is -0.139. The van der Waals surface area contributed by atoms with Gasteiger partial charge in [0.05, 0.1) is 7.11 Å². The first-order valence-corrected chi connectivity index (χ1v) is 5.47. The van der Waals surface area contributed by atoms with Crippen molar-refractivity contribution in [1.82, 2.24) is 0 Å². The first kappa shape index (κ1) is 14.7. The topological polar surface area (TPSA) is 78.9 Å². The molecule has 0 aliphatic carbocycles. The molecule has 0 saturated heterocycles. The molecule has 6 nitrogen and oxygen atoms in total. The maximum atomic E-state index is 11.7. The summed E-state index contributed by atoms with van der Waals surface area (Å²) in [4.78, 5) is 33.2. The van der Waals surface area contributed by atoms with E-state index in [1.807, 2.05) is 0 Å². The summed E-state index contributed by atoms with van der Waals surface area (Å²) in [6, 6.07) is 4.33. The highest BCUT2D eigenvalue weighted by Crippen LogP contribution is 2.28. The van der Waals surface area contributed by atoms with E-state index in [4.69, 9.17) is 9.47 Å². The van der Waals surface area contributed by atoms with Gasteiger partial charge in [0.25, 0.3) is 0 Å². The molecular weight excluding hydrogens is 252 g/mol. The molecule has 0 fully saturated rings. The van der Waals surface area contributed by atoms with E-state index in [0.29, 0.717) is 5.56 Å². The van der Waals surface area contributed by atoms with Crippen LogP contribution < -0.4 is 9.47 Å². The van der Waals surface area contributed by atoms with Crippen LogP contribution in [0, 0.1) is 0 Å². The lowest BCUT2D eigenvalue weighted by Gasteiger charge is -2.09. The third-order valence-electron chi connectivity index (χ3n) is 2.15. The van der Waals surface area contributed by atoms with Crippen molar-refractivity contribution < 1.29 is 28.6 Å². The Labute approximate surface area is 110 Å². The van der Waals surface area contributed by atoms with Crippen LogP contribution in [0.4, 0.5) is 0 Å². The molecule has 0 amide bonds. The van der Waals surface area contributed by atoms with Crippen LogP contribution in [0.3, 0.4) is 0 Å². The number of Topliss-reactive ketones (excluding diaryl/α,β-unsaturated/α-hetero) is 1. The van der Waals surface area contributed by atoms with Gasteiger partial charge in [0.15, 0.2) is 23.9 Å². The van der Waals surface area contributed by atoms with Gasteiger partial charge in [-0.1, -0.05) is 0 Å². The molecule has 0 aromatic heterocycles. The van der Waals surface area contributed by atoms with Crippen LogP contribution in [0.5, 0.6) is 11.5 Å². The van der Waals surface area contributed by atoms with Gasteiger partial charge >= 0.3 is 11.9 Å². The SMILES string of the molecule is COc1cc(C(=O)COC(C)=O)ccc1OC(C)=O. The molecule has 0 radical (unpaired) electrons. The van der Waals surface area contributed by atoms with Gasteiger partial charge in [-0.05, 0) is 18.2 Å². The molecule has 6 heteroatoms. The normalized spacial score (nSPS) is 9.63. The van der Waals surface area contributed by atoms with Crippen LogP contribution in [-0.2, 0) is 14.3 Å². The zero-order chi connectivity index (χ0) is 14.4. The first-order valence-electron chi connectivity index (χ1n) is 5.47. The van der Waals surface area contributed by atoms with Gasteiger partial charge in [-0.3, -0.25) is 14.4 Å². The van der Waals surface area contributed by atoms with Gasteiger partial charge in [-0.25, -0.2) is 0 Å². The van der Waals surface area contributed by atoms with Crippen LogP contribution in [0.2, 0.25) is 0 Å². The summed E-state index contributed by atoms with van der Waals surface area (Å²) in [7, 11) is 1.39. The minimum absolute atomic E-state index is 0.221. The predicted octanol–water partition coefficient (Wildman–Crippen LogP) is 1.37. The van der Waals surface area contributed by atoms with Crippen molar-refractivity contribution >= 4 is 17.7 Å². The van der Waals surface area contributed by atoms with Crippen LogP contribution in [0.1, 0.15) is 24.2 Å². The molecule has 1 aromatic rings. The van der Waals surface area contributed by atoms with E-state index >= 15 is 0 Å². The summed E-state index contributed by atoms with van der Waals surface area (Å²) in [5.74, 6) is -0.917. The Bertz CT molecular complexity index is 506. The fraction of sp³-hybridized carbons (Fsp3) is 0.308. The summed E-state index contributed by atoms with van der Waals surface area (Å²) in [6.07, 6.45) is 0. The maximum absolute atomic E-state index is 11.7. The highest BCUT2D eigenvalue weighted by molar-refractivity contribution is 5.98. The Morgan fingerprint density at radius 2 is 1.74 bits per heavy atom. The second kappa shape index (κ2) is 6.53. The number of benzene rings is 1. The second-order valence-electron chi connectivity index (χ2n) is 3.66. The number of carbonyl (C=O) groups excluding carboxylic acids is 3. The van der Waals surface area contributed by atoms with Crippen molar-refractivity contribution in [3.63, 3.8) is 0 Å². The number of rotatable bonds is 5. The number of carbonyl (C=O) groups is 3. The van der Waals surface area contributed by atoms with Crippen molar-refractivity contribution in [2.24, 2.45) is 0 Å². The molecule has 0 atom stereocenters. The molecule has 0 N–H and O–H groups in total. The number of hydrogen-bond donors (Lipinski definition) is 0.